The minimum atomic E-state index is -0.0485. The van der Waals surface area contributed by atoms with E-state index in [-0.39, 0.29) is 6.04 Å². The smallest absolute Gasteiger partial charge is 0.125 e. The number of nitrogens with two attached hydrogens (primary N) is 1. The quantitative estimate of drug-likeness (QED) is 0.856. The maximum absolute atomic E-state index is 6.36. The first kappa shape index (κ1) is 14.8. The Morgan fingerprint density at radius 2 is 2.05 bits per heavy atom. The molecule has 0 fully saturated rings. The summed E-state index contributed by atoms with van der Waals surface area (Å²) < 4.78 is 5.74. The van der Waals surface area contributed by atoms with Crippen LogP contribution >= 0.6 is 23.4 Å². The molecule has 1 aliphatic heterocycles. The summed E-state index contributed by atoms with van der Waals surface area (Å²) in [7, 11) is 0. The van der Waals surface area contributed by atoms with Crippen molar-refractivity contribution in [2.24, 2.45) is 5.73 Å². The Balaban J connectivity index is 1.82. The first-order valence-corrected chi connectivity index (χ1v) is 8.61. The van der Waals surface area contributed by atoms with Crippen molar-refractivity contribution in [3.05, 3.63) is 58.1 Å². The highest BCUT2D eigenvalue weighted by Gasteiger charge is 2.19. The van der Waals surface area contributed by atoms with Crippen LogP contribution in [0.1, 0.15) is 22.7 Å². The van der Waals surface area contributed by atoms with Gasteiger partial charge >= 0.3 is 0 Å². The van der Waals surface area contributed by atoms with Gasteiger partial charge in [0.05, 0.1) is 6.61 Å². The zero-order valence-electron chi connectivity index (χ0n) is 11.9. The first-order valence-electron chi connectivity index (χ1n) is 7.01. The van der Waals surface area contributed by atoms with E-state index in [1.54, 1.807) is 11.8 Å². The largest absolute Gasteiger partial charge is 0.493 e. The second-order valence-corrected chi connectivity index (χ2v) is 6.55. The van der Waals surface area contributed by atoms with Crippen LogP contribution in [-0.4, -0.2) is 12.9 Å². The molecule has 0 saturated carbocycles. The molecule has 0 aromatic heterocycles. The molecule has 1 unspecified atom stereocenters. The third-order valence-corrected chi connectivity index (χ3v) is 4.77. The van der Waals surface area contributed by atoms with E-state index in [0.29, 0.717) is 0 Å². The fourth-order valence-corrected chi connectivity index (χ4v) is 3.38. The highest BCUT2D eigenvalue weighted by atomic mass is 35.5. The topological polar surface area (TPSA) is 35.2 Å². The molecule has 0 spiro atoms. The molecule has 1 aliphatic rings. The Kier molecular flexibility index (Phi) is 4.43. The third-order valence-electron chi connectivity index (χ3n) is 3.81. The Morgan fingerprint density at radius 3 is 2.76 bits per heavy atom. The lowest BCUT2D eigenvalue weighted by Gasteiger charge is -2.15. The second kappa shape index (κ2) is 6.30. The van der Waals surface area contributed by atoms with E-state index < -0.39 is 0 Å². The highest BCUT2D eigenvalue weighted by molar-refractivity contribution is 7.98. The standard InChI is InChI=1S/C17H18ClNOS/c1-21-15-4-2-11(3-5-15)16(19)10-13-9-14(18)8-12-6-7-20-17(12)13/h2-5,8-9,16H,6-7,10,19H2,1H3. The summed E-state index contributed by atoms with van der Waals surface area (Å²) in [6.45, 7) is 0.736. The van der Waals surface area contributed by atoms with Gasteiger partial charge < -0.3 is 10.5 Å². The van der Waals surface area contributed by atoms with Crippen molar-refractivity contribution in [2.75, 3.05) is 12.9 Å². The van der Waals surface area contributed by atoms with Crippen LogP contribution in [0.4, 0.5) is 0 Å². The Bertz CT molecular complexity index is 642. The van der Waals surface area contributed by atoms with Gasteiger partial charge in [0.1, 0.15) is 5.75 Å². The molecular weight excluding hydrogens is 302 g/mol. The van der Waals surface area contributed by atoms with Crippen molar-refractivity contribution in [3.8, 4) is 5.75 Å². The third kappa shape index (κ3) is 3.20. The van der Waals surface area contributed by atoms with Gasteiger partial charge in [-0.05, 0) is 53.6 Å². The van der Waals surface area contributed by atoms with Gasteiger partial charge in [-0.1, -0.05) is 23.7 Å². The number of thioether (sulfide) groups is 1. The molecule has 1 heterocycles. The van der Waals surface area contributed by atoms with Gasteiger partial charge in [-0.3, -0.25) is 0 Å². The number of benzene rings is 2. The molecule has 2 nitrogen and oxygen atoms in total. The van der Waals surface area contributed by atoms with Gasteiger partial charge in [0.2, 0.25) is 0 Å². The van der Waals surface area contributed by atoms with Crippen LogP contribution in [0.25, 0.3) is 0 Å². The van der Waals surface area contributed by atoms with E-state index in [2.05, 4.69) is 30.5 Å². The Labute approximate surface area is 134 Å². The summed E-state index contributed by atoms with van der Waals surface area (Å²) in [5.41, 5.74) is 9.80. The van der Waals surface area contributed by atoms with Crippen LogP contribution in [0.3, 0.4) is 0 Å². The van der Waals surface area contributed by atoms with Crippen molar-refractivity contribution in [3.63, 3.8) is 0 Å². The SMILES string of the molecule is CSc1ccc(C(N)Cc2cc(Cl)cc3c2OCC3)cc1. The van der Waals surface area contributed by atoms with Gasteiger partial charge in [-0.25, -0.2) is 0 Å². The second-order valence-electron chi connectivity index (χ2n) is 5.24. The fourth-order valence-electron chi connectivity index (χ4n) is 2.70. The minimum Gasteiger partial charge on any atom is -0.493 e. The first-order chi connectivity index (χ1) is 10.2. The Morgan fingerprint density at radius 1 is 1.29 bits per heavy atom. The number of hydrogen-bond acceptors (Lipinski definition) is 3. The molecule has 0 radical (unpaired) electrons. The minimum absolute atomic E-state index is 0.0485. The van der Waals surface area contributed by atoms with Crippen LogP contribution in [0.15, 0.2) is 41.3 Å². The molecule has 3 rings (SSSR count). The summed E-state index contributed by atoms with van der Waals surface area (Å²) in [4.78, 5) is 1.25. The van der Waals surface area contributed by atoms with E-state index in [0.717, 1.165) is 41.3 Å². The molecule has 0 bridgehead atoms. The zero-order valence-corrected chi connectivity index (χ0v) is 13.5. The molecule has 0 saturated heterocycles. The van der Waals surface area contributed by atoms with E-state index in [9.17, 15) is 0 Å². The van der Waals surface area contributed by atoms with Gasteiger partial charge in [-0.15, -0.1) is 11.8 Å². The van der Waals surface area contributed by atoms with Crippen LogP contribution in [0, 0.1) is 0 Å². The lowest BCUT2D eigenvalue weighted by Crippen LogP contribution is -2.13. The monoisotopic (exact) mass is 319 g/mol. The zero-order chi connectivity index (χ0) is 14.8. The van der Waals surface area contributed by atoms with Crippen LogP contribution in [-0.2, 0) is 12.8 Å². The predicted molar refractivity (Wildman–Crippen MR) is 89.5 cm³/mol. The average molecular weight is 320 g/mol. The number of rotatable bonds is 4. The normalized spacial score (nSPS) is 14.6. The number of hydrogen-bond donors (Lipinski definition) is 1. The molecular formula is C17H18ClNOS. The summed E-state index contributed by atoms with van der Waals surface area (Å²) in [5, 5.41) is 0.763. The lowest BCUT2D eigenvalue weighted by atomic mass is 9.97. The van der Waals surface area contributed by atoms with Crippen molar-refractivity contribution in [2.45, 2.75) is 23.8 Å². The van der Waals surface area contributed by atoms with E-state index in [1.807, 2.05) is 12.1 Å². The van der Waals surface area contributed by atoms with E-state index in [4.69, 9.17) is 22.1 Å². The highest BCUT2D eigenvalue weighted by Crippen LogP contribution is 2.35. The van der Waals surface area contributed by atoms with Gasteiger partial charge in [0.15, 0.2) is 0 Å². The molecule has 21 heavy (non-hydrogen) atoms. The molecule has 0 amide bonds. The average Bonchev–Trinajstić information content (AvgIpc) is 2.95. The van der Waals surface area contributed by atoms with Gasteiger partial charge in [0, 0.05) is 22.4 Å². The van der Waals surface area contributed by atoms with Crippen molar-refractivity contribution < 1.29 is 4.74 Å². The summed E-state index contributed by atoms with van der Waals surface area (Å²) >= 11 is 7.93. The summed E-state index contributed by atoms with van der Waals surface area (Å²) in [5.74, 6) is 0.982. The molecule has 4 heteroatoms. The molecule has 2 aromatic rings. The maximum Gasteiger partial charge on any atom is 0.125 e. The van der Waals surface area contributed by atoms with Crippen LogP contribution < -0.4 is 10.5 Å². The van der Waals surface area contributed by atoms with Crippen molar-refractivity contribution >= 4 is 23.4 Å². The van der Waals surface area contributed by atoms with Crippen LogP contribution in [0.5, 0.6) is 5.75 Å². The number of ether oxygens (including phenoxy) is 1. The molecule has 1 atom stereocenters. The Hall–Kier alpha value is -1.16. The number of fused-ring (bicyclic) bond motifs is 1. The molecule has 2 aromatic carbocycles. The van der Waals surface area contributed by atoms with Gasteiger partial charge in [0.25, 0.3) is 0 Å². The van der Waals surface area contributed by atoms with Crippen molar-refractivity contribution in [1.29, 1.82) is 0 Å². The number of halogens is 1. The van der Waals surface area contributed by atoms with Gasteiger partial charge in [-0.2, -0.15) is 0 Å². The van der Waals surface area contributed by atoms with Crippen LogP contribution in [0.2, 0.25) is 5.02 Å². The van der Waals surface area contributed by atoms with E-state index in [1.165, 1.54) is 10.5 Å². The lowest BCUT2D eigenvalue weighted by molar-refractivity contribution is 0.352. The fraction of sp³-hybridized carbons (Fsp3) is 0.294. The van der Waals surface area contributed by atoms with E-state index >= 15 is 0 Å². The molecule has 2 N–H and O–H groups in total. The predicted octanol–water partition coefficient (Wildman–Crippen LogP) is 4.24. The molecule has 0 aliphatic carbocycles. The van der Waals surface area contributed by atoms with Crippen molar-refractivity contribution in [1.82, 2.24) is 0 Å². The summed E-state index contributed by atoms with van der Waals surface area (Å²) in [6, 6.07) is 12.3. The maximum atomic E-state index is 6.36. The summed E-state index contributed by atoms with van der Waals surface area (Å²) in [6.07, 6.45) is 3.74. The molecule has 110 valence electrons.